The monoisotopic (exact) mass is 906 g/mol. The molecule has 0 bridgehead atoms. The van der Waals surface area contributed by atoms with Crippen molar-refractivity contribution in [2.75, 3.05) is 27.3 Å². The first kappa shape index (κ1) is 46.3. The number of methoxy groups -OCH3 is 2. The second kappa shape index (κ2) is 19.3. The molecule has 2 fully saturated rings. The Hall–Kier alpha value is -6.19. The van der Waals surface area contributed by atoms with E-state index in [1.54, 1.807) is 17.3 Å². The second-order valence-corrected chi connectivity index (χ2v) is 18.7. The van der Waals surface area contributed by atoms with E-state index in [9.17, 15) is 19.2 Å². The minimum atomic E-state index is -0.738. The first-order chi connectivity index (χ1) is 31.8. The number of alkyl carbamates (subject to hydrolysis) is 1. The number of carbonyl (C=O) groups is 4. The van der Waals surface area contributed by atoms with Crippen molar-refractivity contribution in [1.82, 2.24) is 39.6 Å². The summed E-state index contributed by atoms with van der Waals surface area (Å²) in [6, 6.07) is 10.2. The summed E-state index contributed by atoms with van der Waals surface area (Å²) in [5.74, 6) is 0.516. The van der Waals surface area contributed by atoms with E-state index in [-0.39, 0.29) is 65.8 Å². The summed E-state index contributed by atoms with van der Waals surface area (Å²) in [5, 5.41) is 3.16. The first-order valence-corrected chi connectivity index (χ1v) is 23.6. The lowest BCUT2D eigenvalue weighted by molar-refractivity contribution is -0.145. The lowest BCUT2D eigenvalue weighted by Gasteiger charge is -2.34. The van der Waals surface area contributed by atoms with Gasteiger partial charge in [-0.25, -0.2) is 19.2 Å². The number of amides is 3. The number of halogens is 1. The molecule has 6 unspecified atom stereocenters. The normalized spacial score (nSPS) is 19.4. The summed E-state index contributed by atoms with van der Waals surface area (Å²) < 4.78 is 35.5. The number of hydrogen-bond donors (Lipinski definition) is 3. The van der Waals surface area contributed by atoms with Crippen molar-refractivity contribution < 1.29 is 37.8 Å². The van der Waals surface area contributed by atoms with Gasteiger partial charge in [0, 0.05) is 53.9 Å². The van der Waals surface area contributed by atoms with Gasteiger partial charge < -0.3 is 43.9 Å². The molecule has 3 aromatic heterocycles. The van der Waals surface area contributed by atoms with Crippen molar-refractivity contribution in [1.29, 1.82) is 0 Å². The van der Waals surface area contributed by atoms with Gasteiger partial charge in [0.2, 0.25) is 11.8 Å². The molecule has 352 valence electrons. The van der Waals surface area contributed by atoms with Crippen LogP contribution in [0.5, 0.6) is 5.75 Å². The highest BCUT2D eigenvalue weighted by Crippen LogP contribution is 2.47. The quantitative estimate of drug-likeness (QED) is 0.0864. The predicted molar refractivity (Wildman–Crippen MR) is 247 cm³/mol. The van der Waals surface area contributed by atoms with Crippen molar-refractivity contribution >= 4 is 34.8 Å². The molecule has 8 rings (SSSR count). The Morgan fingerprint density at radius 1 is 0.848 bits per heavy atom. The van der Waals surface area contributed by atoms with Crippen LogP contribution in [-0.2, 0) is 23.9 Å². The lowest BCUT2D eigenvalue weighted by atomic mass is 9.78. The number of likely N-dealkylation sites (tertiary alicyclic amines) is 2. The third kappa shape index (κ3) is 8.66. The molecule has 0 radical (unpaired) electrons. The molecule has 0 saturated carbocycles. The fourth-order valence-electron chi connectivity index (χ4n) is 10.5. The number of imidazole rings is 2. The molecule has 0 spiro atoms. The number of ether oxygens (including phenoxy) is 3. The Morgan fingerprint density at radius 2 is 1.47 bits per heavy atom. The van der Waals surface area contributed by atoms with Crippen molar-refractivity contribution in [2.45, 2.75) is 117 Å². The average Bonchev–Trinajstić information content (AvgIpc) is 4.17. The van der Waals surface area contributed by atoms with Crippen LogP contribution in [0.2, 0.25) is 0 Å². The summed E-state index contributed by atoms with van der Waals surface area (Å²) in [6.07, 6.45) is 7.87. The number of esters is 1. The van der Waals surface area contributed by atoms with Gasteiger partial charge in [0.25, 0.3) is 0 Å². The van der Waals surface area contributed by atoms with E-state index < -0.39 is 18.4 Å². The van der Waals surface area contributed by atoms with Gasteiger partial charge in [-0.2, -0.15) is 0 Å². The van der Waals surface area contributed by atoms with Gasteiger partial charge in [0.1, 0.15) is 23.4 Å². The average molecular weight is 907 g/mol. The molecule has 5 aromatic rings. The third-order valence-electron chi connectivity index (χ3n) is 13.9. The molecule has 0 aliphatic carbocycles. The highest BCUT2D eigenvalue weighted by atomic mass is 19.1. The lowest BCUT2D eigenvalue weighted by Crippen LogP contribution is -2.51. The number of carbonyl (C=O) groups excluding carboxylic acids is 4. The van der Waals surface area contributed by atoms with Gasteiger partial charge in [-0.1, -0.05) is 66.5 Å². The van der Waals surface area contributed by atoms with Crippen molar-refractivity contribution in [3.63, 3.8) is 0 Å². The summed E-state index contributed by atoms with van der Waals surface area (Å²) >= 11 is 0. The Morgan fingerprint density at radius 3 is 2.05 bits per heavy atom. The first-order valence-electron chi connectivity index (χ1n) is 23.6. The van der Waals surface area contributed by atoms with Gasteiger partial charge in [-0.15, -0.1) is 0 Å². The van der Waals surface area contributed by atoms with Gasteiger partial charge in [0.05, 0.1) is 61.3 Å². The fourth-order valence-corrected chi connectivity index (χ4v) is 10.5. The summed E-state index contributed by atoms with van der Waals surface area (Å²) in [7, 11) is 2.66. The SMILES string of the molecule is CCCC1Oc2cc(-c3cnc(C4CCCN4C(=O)C(NC(=O)OC)C(C)C)[nH]3)ccc2-c2c(F)c3cc(-c4cnc(C5CCCN5C(=O)C(C(C)C)C(CC)CC(=O)OC)[nH]4)ccc3n21. The fraction of sp³-hybridized carbons (Fsp3) is 0.520. The molecular weight excluding hydrogens is 844 g/mol. The van der Waals surface area contributed by atoms with Gasteiger partial charge in [-0.05, 0) is 67.7 Å². The number of H-pyrrole nitrogens is 2. The maximum Gasteiger partial charge on any atom is 0.407 e. The van der Waals surface area contributed by atoms with Crippen LogP contribution in [0.15, 0.2) is 48.8 Å². The Balaban J connectivity index is 1.05. The number of aromatic nitrogens is 5. The number of benzene rings is 2. The van der Waals surface area contributed by atoms with E-state index >= 15 is 4.39 Å². The highest BCUT2D eigenvalue weighted by Gasteiger charge is 2.41. The van der Waals surface area contributed by atoms with Crippen LogP contribution in [0.1, 0.15) is 123 Å². The summed E-state index contributed by atoms with van der Waals surface area (Å²) in [6.45, 7) is 13.1. The summed E-state index contributed by atoms with van der Waals surface area (Å²) in [5.41, 5.74) is 4.85. The Kier molecular flexibility index (Phi) is 13.6. The van der Waals surface area contributed by atoms with Crippen molar-refractivity contribution in [3.8, 4) is 39.5 Å². The molecule has 15 nitrogen and oxygen atoms in total. The molecule has 16 heteroatoms. The van der Waals surface area contributed by atoms with Gasteiger partial charge in [-0.3, -0.25) is 14.4 Å². The van der Waals surface area contributed by atoms with E-state index in [1.807, 2.05) is 80.5 Å². The number of aromatic amines is 2. The number of nitrogens with one attached hydrogen (secondary N) is 3. The van der Waals surface area contributed by atoms with E-state index in [2.05, 4.69) is 22.2 Å². The second-order valence-electron chi connectivity index (χ2n) is 18.7. The predicted octanol–water partition coefficient (Wildman–Crippen LogP) is 9.49. The van der Waals surface area contributed by atoms with E-state index in [4.69, 9.17) is 24.2 Å². The van der Waals surface area contributed by atoms with E-state index in [1.165, 1.54) is 14.2 Å². The minimum Gasteiger partial charge on any atom is -0.469 e. The van der Waals surface area contributed by atoms with Crippen LogP contribution in [0.4, 0.5) is 9.18 Å². The number of nitrogens with zero attached hydrogens (tertiary/aromatic N) is 5. The zero-order valence-corrected chi connectivity index (χ0v) is 39.3. The standard InChI is InChI=1S/C50H63FN8O7/c1-9-13-40-59-36-19-17-30(34-25-52-46(54-34)37-14-11-20-57(37)48(61)42(27(3)4)29(10-2)24-41(60)64-7)22-33(36)43(51)45(59)32-18-16-31(23-39(32)66-40)35-26-53-47(55-35)38-15-12-21-58(38)49(62)44(28(5)6)56-50(63)65-8/h16-19,22-23,25-29,37-38,40,42,44H,9-15,20-21,24H2,1-8H3,(H,52,54)(H,53,55)(H,56,63). The van der Waals surface area contributed by atoms with Crippen LogP contribution >= 0.6 is 0 Å². The molecule has 3 aliphatic rings. The molecule has 3 N–H and O–H groups in total. The zero-order chi connectivity index (χ0) is 47.0. The summed E-state index contributed by atoms with van der Waals surface area (Å²) in [4.78, 5) is 72.5. The molecule has 2 saturated heterocycles. The highest BCUT2D eigenvalue weighted by molar-refractivity contribution is 5.93. The molecule has 3 amide bonds. The van der Waals surface area contributed by atoms with Crippen molar-refractivity contribution in [3.05, 3.63) is 66.3 Å². The Labute approximate surface area is 385 Å². The minimum absolute atomic E-state index is 0.0334. The topological polar surface area (TPSA) is 177 Å². The third-order valence-corrected chi connectivity index (χ3v) is 13.9. The largest absolute Gasteiger partial charge is 0.469 e. The Bertz CT molecular complexity index is 2600. The van der Waals surface area contributed by atoms with Crippen LogP contribution in [-0.4, -0.2) is 91.5 Å². The number of fused-ring (bicyclic) bond motifs is 5. The van der Waals surface area contributed by atoms with Crippen LogP contribution in [0.3, 0.4) is 0 Å². The van der Waals surface area contributed by atoms with Crippen LogP contribution < -0.4 is 10.1 Å². The van der Waals surface area contributed by atoms with Crippen LogP contribution in [0, 0.1) is 29.5 Å². The van der Waals surface area contributed by atoms with E-state index in [0.717, 1.165) is 60.1 Å². The molecule has 6 heterocycles. The molecule has 2 aromatic carbocycles. The van der Waals surface area contributed by atoms with Crippen molar-refractivity contribution in [2.24, 2.45) is 23.7 Å². The number of hydrogen-bond acceptors (Lipinski definition) is 9. The number of rotatable bonds is 15. The maximum atomic E-state index is 17.1. The molecule has 3 aliphatic heterocycles. The zero-order valence-electron chi connectivity index (χ0n) is 39.3. The van der Waals surface area contributed by atoms with Gasteiger partial charge >= 0.3 is 12.1 Å². The molecule has 66 heavy (non-hydrogen) atoms. The van der Waals surface area contributed by atoms with E-state index in [0.29, 0.717) is 60.0 Å². The maximum absolute atomic E-state index is 17.1. The molecule has 6 atom stereocenters. The van der Waals surface area contributed by atoms with Gasteiger partial charge in [0.15, 0.2) is 12.0 Å². The molecular formula is C50H63FN8O7. The smallest absolute Gasteiger partial charge is 0.407 e. The van der Waals surface area contributed by atoms with Crippen LogP contribution in [0.25, 0.3) is 44.7 Å².